The van der Waals surface area contributed by atoms with Crippen LogP contribution in [0.15, 0.2) is 0 Å². The minimum absolute atomic E-state index is 0.0587. The van der Waals surface area contributed by atoms with Crippen molar-refractivity contribution in [1.82, 2.24) is 0 Å². The maximum atomic E-state index is 12.7. The van der Waals surface area contributed by atoms with Crippen LogP contribution in [-0.4, -0.2) is 45.2 Å². The normalized spacial score (nSPS) is 12.8. The van der Waals surface area contributed by atoms with Crippen LogP contribution in [0.2, 0.25) is 6.04 Å². The Morgan fingerprint density at radius 2 is 0.692 bits per heavy atom. The molecule has 0 unspecified atom stereocenters. The van der Waals surface area contributed by atoms with Crippen LogP contribution in [0.3, 0.4) is 0 Å². The summed E-state index contributed by atoms with van der Waals surface area (Å²) >= 11 is 0. The first-order chi connectivity index (χ1) is 17.9. The minimum Gasteiger partial charge on any atom is -0.448 e. The zero-order chi connectivity index (χ0) is 30.2. The van der Waals surface area contributed by atoms with Crippen molar-refractivity contribution in [3.63, 3.8) is 0 Å². The molecule has 6 nitrogen and oxygen atoms in total. The molecule has 0 aromatic heterocycles. The summed E-state index contributed by atoms with van der Waals surface area (Å²) in [6, 6.07) is -1.25. The maximum Gasteiger partial charge on any atom is 0.705 e. The van der Waals surface area contributed by atoms with Crippen molar-refractivity contribution in [1.29, 1.82) is 0 Å². The van der Waals surface area contributed by atoms with Crippen molar-refractivity contribution >= 4 is 26.7 Å². The van der Waals surface area contributed by atoms with Gasteiger partial charge in [0.1, 0.15) is 0 Å². The summed E-state index contributed by atoms with van der Waals surface area (Å²) in [4.78, 5) is 33.7. The van der Waals surface area contributed by atoms with Crippen LogP contribution in [0, 0.1) is 0 Å². The first-order valence-corrected chi connectivity index (χ1v) is 14.8. The number of carbonyl (C=O) groups excluding carboxylic acids is 3. The lowest BCUT2D eigenvalue weighted by molar-refractivity contribution is -0.209. The molecule has 0 aromatic rings. The molecule has 0 N–H and O–H groups in total. The molecular weight excluding hydrogens is 571 g/mol. The van der Waals surface area contributed by atoms with E-state index in [-0.39, 0.29) is 6.42 Å². The van der Waals surface area contributed by atoms with Gasteiger partial charge in [0.2, 0.25) is 0 Å². The third-order valence-electron chi connectivity index (χ3n) is 5.53. The number of hydrogen-bond acceptors (Lipinski definition) is 6. The van der Waals surface area contributed by atoms with Crippen LogP contribution >= 0.6 is 0 Å². The van der Waals surface area contributed by atoms with E-state index >= 15 is 0 Å². The average Bonchev–Trinajstić information content (AvgIpc) is 2.79. The molecule has 0 aliphatic heterocycles. The van der Waals surface area contributed by atoms with E-state index in [1.165, 1.54) is 32.1 Å². The zero-order valence-corrected chi connectivity index (χ0v) is 22.7. The molecule has 0 radical (unpaired) electrons. The molecule has 0 aliphatic rings. The number of alkyl halides is 9. The fraction of sp³-hybridized carbons (Fsp3) is 0.870. The first-order valence-electron chi connectivity index (χ1n) is 12.8. The molecule has 0 amide bonds. The fourth-order valence-electron chi connectivity index (χ4n) is 3.53. The molecule has 0 heterocycles. The highest BCUT2D eigenvalue weighted by Gasteiger charge is 2.62. The van der Waals surface area contributed by atoms with E-state index in [2.05, 4.69) is 20.2 Å². The van der Waals surface area contributed by atoms with Gasteiger partial charge in [0.05, 0.1) is 6.04 Å². The summed E-state index contributed by atoms with van der Waals surface area (Å²) in [6.07, 6.45) is -4.99. The van der Waals surface area contributed by atoms with Gasteiger partial charge in [-0.1, -0.05) is 96.8 Å². The quantitative estimate of drug-likeness (QED) is 0.0840. The van der Waals surface area contributed by atoms with Crippen LogP contribution in [0.1, 0.15) is 103 Å². The molecule has 0 aliphatic carbocycles. The smallest absolute Gasteiger partial charge is 0.448 e. The summed E-state index contributed by atoms with van der Waals surface area (Å²) in [6.45, 7) is 2.15. The van der Waals surface area contributed by atoms with E-state index in [0.29, 0.717) is 12.8 Å². The van der Waals surface area contributed by atoms with Crippen LogP contribution in [0.5, 0.6) is 0 Å². The number of hydrogen-bond donors (Lipinski definition) is 0. The van der Waals surface area contributed by atoms with Crippen molar-refractivity contribution < 1.29 is 67.2 Å². The lowest BCUT2D eigenvalue weighted by Gasteiger charge is -2.28. The second-order valence-electron chi connectivity index (χ2n) is 9.04. The first kappa shape index (κ1) is 37.0. The third-order valence-corrected chi connectivity index (χ3v) is 7.98. The lowest BCUT2D eigenvalue weighted by Crippen LogP contribution is -2.55. The molecule has 0 aromatic carbocycles. The average molecular weight is 607 g/mol. The van der Waals surface area contributed by atoms with Crippen molar-refractivity contribution in [3.05, 3.63) is 0 Å². The Kier molecular flexibility index (Phi) is 16.7. The number of halogens is 9. The molecule has 0 atom stereocenters. The number of unbranched alkanes of at least 4 members (excludes halogenated alkanes) is 14. The molecule has 0 spiro atoms. The molecule has 39 heavy (non-hydrogen) atoms. The van der Waals surface area contributed by atoms with Gasteiger partial charge < -0.3 is 13.3 Å². The van der Waals surface area contributed by atoms with Crippen LogP contribution < -0.4 is 0 Å². The summed E-state index contributed by atoms with van der Waals surface area (Å²) in [7, 11) is -6.13. The second-order valence-corrected chi connectivity index (χ2v) is 11.5. The van der Waals surface area contributed by atoms with E-state index < -0.39 is 57.7 Å². The van der Waals surface area contributed by atoms with Gasteiger partial charge in [-0.15, -0.1) is 0 Å². The van der Waals surface area contributed by atoms with E-state index in [0.717, 1.165) is 38.5 Å². The van der Waals surface area contributed by atoms with Crippen molar-refractivity contribution in [2.75, 3.05) is 0 Å². The van der Waals surface area contributed by atoms with E-state index in [4.69, 9.17) is 0 Å². The van der Waals surface area contributed by atoms with Gasteiger partial charge in [0, 0.05) is 0 Å². The summed E-state index contributed by atoms with van der Waals surface area (Å²) in [5.41, 5.74) is 0. The van der Waals surface area contributed by atoms with Gasteiger partial charge in [0.25, 0.3) is 0 Å². The molecule has 16 heteroatoms. The van der Waals surface area contributed by atoms with Gasteiger partial charge in [-0.25, -0.2) is 14.4 Å². The van der Waals surface area contributed by atoms with Gasteiger partial charge >= 0.3 is 45.2 Å². The molecule has 230 valence electrons. The van der Waals surface area contributed by atoms with Gasteiger partial charge in [-0.3, -0.25) is 0 Å². The standard InChI is InChI=1S/C23H35F9O6Si/c1-2-3-4-5-6-7-8-9-10-11-12-13-14-15-16-17-39(36-18(33)21(24,25)26,37-19(34)22(27,28)29)38-20(35)23(30,31)32/h2-17H2,1H3. The highest BCUT2D eigenvalue weighted by molar-refractivity contribution is 6.65. The molecular formula is C23H35F9O6Si. The Morgan fingerprint density at radius 3 is 0.923 bits per heavy atom. The monoisotopic (exact) mass is 606 g/mol. The predicted molar refractivity (Wildman–Crippen MR) is 122 cm³/mol. The summed E-state index contributed by atoms with van der Waals surface area (Å²) in [5.74, 6) is -9.79. The summed E-state index contributed by atoms with van der Waals surface area (Å²) < 4.78 is 125. The number of rotatable bonds is 19. The van der Waals surface area contributed by atoms with Crippen molar-refractivity contribution in [3.8, 4) is 0 Å². The highest BCUT2D eigenvalue weighted by Crippen LogP contribution is 2.31. The van der Waals surface area contributed by atoms with Gasteiger partial charge in [-0.2, -0.15) is 39.5 Å². The van der Waals surface area contributed by atoms with Crippen molar-refractivity contribution in [2.45, 2.75) is 128 Å². The largest absolute Gasteiger partial charge is 0.705 e. The highest BCUT2D eigenvalue weighted by atomic mass is 28.4. The molecule has 0 saturated heterocycles. The Hall–Kier alpha value is -2.00. The van der Waals surface area contributed by atoms with Crippen LogP contribution in [0.25, 0.3) is 0 Å². The Labute approximate surface area is 222 Å². The van der Waals surface area contributed by atoms with Gasteiger partial charge in [-0.05, 0) is 6.42 Å². The molecule has 0 fully saturated rings. The topological polar surface area (TPSA) is 78.9 Å². The van der Waals surface area contributed by atoms with E-state index in [1.54, 1.807) is 0 Å². The van der Waals surface area contributed by atoms with Gasteiger partial charge in [0.15, 0.2) is 0 Å². The van der Waals surface area contributed by atoms with Crippen molar-refractivity contribution in [2.24, 2.45) is 0 Å². The van der Waals surface area contributed by atoms with Crippen LogP contribution in [-0.2, 0) is 27.7 Å². The van der Waals surface area contributed by atoms with E-state index in [1.807, 2.05) is 0 Å². The zero-order valence-electron chi connectivity index (χ0n) is 21.7. The third kappa shape index (κ3) is 17.3. The Morgan fingerprint density at radius 1 is 0.462 bits per heavy atom. The molecule has 0 rings (SSSR count). The Balaban J connectivity index is 4.90. The lowest BCUT2D eigenvalue weighted by atomic mass is 10.0. The summed E-state index contributed by atoms with van der Waals surface area (Å²) in [5, 5.41) is 0. The predicted octanol–water partition coefficient (Wildman–Crippen LogP) is 8.11. The minimum atomic E-state index is -6.13. The molecule has 0 bridgehead atoms. The van der Waals surface area contributed by atoms with E-state index in [9.17, 15) is 53.9 Å². The van der Waals surface area contributed by atoms with Crippen LogP contribution in [0.4, 0.5) is 39.5 Å². The fourth-order valence-corrected chi connectivity index (χ4v) is 5.83. The number of carbonyl (C=O) groups is 3. The second kappa shape index (κ2) is 17.6. The maximum absolute atomic E-state index is 12.7. The SMILES string of the molecule is CCCCCCCCCCCCCCCCC[Si](OC(=O)C(F)(F)F)(OC(=O)C(F)(F)F)OC(=O)C(F)(F)F. The Bertz CT molecular complexity index is 670. The molecule has 0 saturated carbocycles.